The van der Waals surface area contributed by atoms with Gasteiger partial charge < -0.3 is 0 Å². The number of aromatic amines is 1. The third-order valence-corrected chi connectivity index (χ3v) is 7.51. The monoisotopic (exact) mass is 485 g/mol. The Hall–Kier alpha value is -3.82. The highest BCUT2D eigenvalue weighted by Gasteiger charge is 2.40. The molecule has 0 spiro atoms. The zero-order valence-electron chi connectivity index (χ0n) is 19.0. The van der Waals surface area contributed by atoms with Crippen LogP contribution in [0.25, 0.3) is 39.1 Å². The Bertz CT molecular complexity index is 1740. The molecule has 2 N–H and O–H groups in total. The Labute approximate surface area is 201 Å². The first kappa shape index (κ1) is 21.7. The summed E-state index contributed by atoms with van der Waals surface area (Å²) in [6, 6.07) is 23.5. The summed E-state index contributed by atoms with van der Waals surface area (Å²) in [5.41, 5.74) is 5.53. The normalized spacial score (nSPS) is 15.3. The number of pyridine rings is 2. The zero-order chi connectivity index (χ0) is 24.2. The maximum Gasteiger partial charge on any atom is 0.348 e. The van der Waals surface area contributed by atoms with Crippen LogP contribution in [0.2, 0.25) is 0 Å². The minimum atomic E-state index is -3.33. The molecule has 0 saturated heterocycles. The number of nitrogens with one attached hydrogen (secondary N) is 2. The summed E-state index contributed by atoms with van der Waals surface area (Å²) in [6.45, 7) is 0. The second-order valence-electron chi connectivity index (χ2n) is 9.10. The predicted octanol–water partition coefficient (Wildman–Crippen LogP) is 3.83. The third kappa shape index (κ3) is 3.73. The van der Waals surface area contributed by atoms with E-state index in [9.17, 15) is 13.2 Å². The third-order valence-electron chi connectivity index (χ3n) is 6.74. The molecular formula is C26H23N5O3S. The van der Waals surface area contributed by atoms with Gasteiger partial charge in [-0.1, -0.05) is 54.6 Å². The highest BCUT2D eigenvalue weighted by atomic mass is 32.2. The number of nitrogens with zero attached hydrogens (tertiary/aromatic N) is 3. The van der Waals surface area contributed by atoms with Crippen LogP contribution in [0.4, 0.5) is 0 Å². The molecule has 1 fully saturated rings. The van der Waals surface area contributed by atoms with Gasteiger partial charge in [-0.05, 0) is 48.6 Å². The number of H-pyrrole nitrogens is 1. The SMILES string of the molecule is CS(=O)(=O)NC1(c2ccc(-c3nc4ccc5n[nH]c(=O)n5c4cc3-c3ccccc3)cc2)CCC1. The van der Waals surface area contributed by atoms with E-state index in [1.54, 1.807) is 6.07 Å². The van der Waals surface area contributed by atoms with Gasteiger partial charge in [0, 0.05) is 11.1 Å². The van der Waals surface area contributed by atoms with E-state index in [4.69, 9.17) is 4.98 Å². The van der Waals surface area contributed by atoms with Gasteiger partial charge in [-0.3, -0.25) is 0 Å². The van der Waals surface area contributed by atoms with Crippen molar-refractivity contribution >= 4 is 26.7 Å². The van der Waals surface area contributed by atoms with Crippen LogP contribution in [0, 0.1) is 0 Å². The van der Waals surface area contributed by atoms with Crippen molar-refractivity contribution < 1.29 is 8.42 Å². The number of aromatic nitrogens is 4. The molecule has 9 heteroatoms. The molecule has 2 aromatic carbocycles. The molecule has 3 aromatic heterocycles. The quantitative estimate of drug-likeness (QED) is 0.393. The van der Waals surface area contributed by atoms with Gasteiger partial charge in [-0.2, -0.15) is 5.10 Å². The Morgan fingerprint density at radius 3 is 2.37 bits per heavy atom. The molecule has 176 valence electrons. The molecule has 1 aliphatic rings. The Balaban J connectivity index is 1.53. The van der Waals surface area contributed by atoms with Crippen LogP contribution in [0.1, 0.15) is 24.8 Å². The summed E-state index contributed by atoms with van der Waals surface area (Å²) in [4.78, 5) is 17.4. The first-order valence-electron chi connectivity index (χ1n) is 11.4. The van der Waals surface area contributed by atoms with Gasteiger partial charge in [0.1, 0.15) is 0 Å². The molecule has 0 unspecified atom stereocenters. The number of fused-ring (bicyclic) bond motifs is 3. The molecule has 0 radical (unpaired) electrons. The van der Waals surface area contributed by atoms with Crippen LogP contribution in [0.15, 0.2) is 77.6 Å². The van der Waals surface area contributed by atoms with E-state index in [1.807, 2.05) is 66.7 Å². The summed E-state index contributed by atoms with van der Waals surface area (Å²) in [7, 11) is -3.33. The van der Waals surface area contributed by atoms with Crippen LogP contribution in [0.3, 0.4) is 0 Å². The lowest BCUT2D eigenvalue weighted by Crippen LogP contribution is -2.50. The highest BCUT2D eigenvalue weighted by Crippen LogP contribution is 2.42. The summed E-state index contributed by atoms with van der Waals surface area (Å²) >= 11 is 0. The Kier molecular flexibility index (Phi) is 4.87. The van der Waals surface area contributed by atoms with Crippen molar-refractivity contribution in [1.82, 2.24) is 24.3 Å². The standard InChI is InChI=1S/C26H23N5O3S/c1-35(33,34)30-26(14-5-15-26)19-10-8-18(9-11-19)24-20(17-6-3-2-4-7-17)16-22-21(27-24)12-13-23-28-29-25(32)31(22)23/h2-4,6-13,16,30H,5,14-15H2,1H3,(H,29,32). The van der Waals surface area contributed by atoms with Crippen molar-refractivity contribution in [1.29, 1.82) is 0 Å². The fraction of sp³-hybridized carbons (Fsp3) is 0.192. The van der Waals surface area contributed by atoms with Crippen LogP contribution < -0.4 is 10.4 Å². The van der Waals surface area contributed by atoms with E-state index in [0.29, 0.717) is 16.7 Å². The fourth-order valence-electron chi connectivity index (χ4n) is 4.97. The van der Waals surface area contributed by atoms with Gasteiger partial charge in [0.15, 0.2) is 5.65 Å². The van der Waals surface area contributed by atoms with Crippen molar-refractivity contribution in [2.75, 3.05) is 6.26 Å². The van der Waals surface area contributed by atoms with Crippen LogP contribution in [-0.2, 0) is 15.6 Å². The smallest absolute Gasteiger partial charge is 0.246 e. The molecule has 0 amide bonds. The van der Waals surface area contributed by atoms with Gasteiger partial charge in [-0.25, -0.2) is 32.4 Å². The van der Waals surface area contributed by atoms with Crippen molar-refractivity contribution in [3.05, 3.63) is 88.8 Å². The van der Waals surface area contributed by atoms with E-state index in [0.717, 1.165) is 47.2 Å². The maximum absolute atomic E-state index is 12.4. The van der Waals surface area contributed by atoms with E-state index < -0.39 is 15.6 Å². The second kappa shape index (κ2) is 7.86. The van der Waals surface area contributed by atoms with E-state index in [2.05, 4.69) is 14.9 Å². The molecule has 0 aliphatic heterocycles. The Morgan fingerprint density at radius 1 is 0.971 bits per heavy atom. The van der Waals surface area contributed by atoms with Gasteiger partial charge in [0.2, 0.25) is 10.0 Å². The lowest BCUT2D eigenvalue weighted by molar-refractivity contribution is 0.225. The van der Waals surface area contributed by atoms with Crippen molar-refractivity contribution in [2.45, 2.75) is 24.8 Å². The average molecular weight is 486 g/mol. The topological polar surface area (TPSA) is 109 Å². The van der Waals surface area contributed by atoms with E-state index >= 15 is 0 Å². The number of hydrogen-bond donors (Lipinski definition) is 2. The summed E-state index contributed by atoms with van der Waals surface area (Å²) in [5, 5.41) is 6.57. The fourth-order valence-corrected chi connectivity index (χ4v) is 6.00. The number of hydrogen-bond acceptors (Lipinski definition) is 5. The Morgan fingerprint density at radius 2 is 1.71 bits per heavy atom. The molecule has 6 rings (SSSR count). The van der Waals surface area contributed by atoms with Gasteiger partial charge in [0.25, 0.3) is 0 Å². The molecule has 0 atom stereocenters. The van der Waals surface area contributed by atoms with E-state index in [-0.39, 0.29) is 5.69 Å². The van der Waals surface area contributed by atoms with Crippen LogP contribution >= 0.6 is 0 Å². The average Bonchev–Trinajstić information content (AvgIpc) is 3.22. The van der Waals surface area contributed by atoms with Crippen molar-refractivity contribution in [3.8, 4) is 22.4 Å². The first-order chi connectivity index (χ1) is 16.8. The van der Waals surface area contributed by atoms with Gasteiger partial charge in [-0.15, -0.1) is 0 Å². The second-order valence-corrected chi connectivity index (χ2v) is 10.8. The van der Waals surface area contributed by atoms with Crippen LogP contribution in [0.5, 0.6) is 0 Å². The lowest BCUT2D eigenvalue weighted by Gasteiger charge is -2.42. The summed E-state index contributed by atoms with van der Waals surface area (Å²) in [5.74, 6) is 0. The van der Waals surface area contributed by atoms with Gasteiger partial charge in [0.05, 0.1) is 28.5 Å². The molecule has 5 aromatic rings. The van der Waals surface area contributed by atoms with Gasteiger partial charge >= 0.3 is 5.69 Å². The number of benzene rings is 2. The lowest BCUT2D eigenvalue weighted by atomic mass is 9.72. The number of sulfonamides is 1. The van der Waals surface area contributed by atoms with Crippen molar-refractivity contribution in [3.63, 3.8) is 0 Å². The molecule has 0 bridgehead atoms. The largest absolute Gasteiger partial charge is 0.348 e. The number of rotatable bonds is 5. The summed E-state index contributed by atoms with van der Waals surface area (Å²) < 4.78 is 28.3. The zero-order valence-corrected chi connectivity index (χ0v) is 19.8. The summed E-state index contributed by atoms with van der Waals surface area (Å²) in [6.07, 6.45) is 3.74. The minimum Gasteiger partial charge on any atom is -0.246 e. The first-order valence-corrected chi connectivity index (χ1v) is 13.3. The minimum absolute atomic E-state index is 0.312. The van der Waals surface area contributed by atoms with Crippen molar-refractivity contribution in [2.24, 2.45) is 0 Å². The van der Waals surface area contributed by atoms with Crippen LogP contribution in [-0.4, -0.2) is 34.3 Å². The molecule has 35 heavy (non-hydrogen) atoms. The predicted molar refractivity (Wildman–Crippen MR) is 135 cm³/mol. The molecule has 1 aliphatic carbocycles. The maximum atomic E-state index is 12.4. The molecule has 3 heterocycles. The molecular weight excluding hydrogens is 462 g/mol. The highest BCUT2D eigenvalue weighted by molar-refractivity contribution is 7.88. The molecule has 8 nitrogen and oxygen atoms in total. The molecule has 1 saturated carbocycles. The van der Waals surface area contributed by atoms with E-state index in [1.165, 1.54) is 10.7 Å².